The van der Waals surface area contributed by atoms with Gasteiger partial charge in [-0.05, 0) is 39.4 Å². The van der Waals surface area contributed by atoms with E-state index < -0.39 is 11.1 Å². The minimum atomic E-state index is -1.53. The summed E-state index contributed by atoms with van der Waals surface area (Å²) in [5.41, 5.74) is 8.71. The molecule has 2 atom stereocenters. The van der Waals surface area contributed by atoms with Crippen LogP contribution in [0.25, 0.3) is 21.9 Å². The zero-order valence-electron chi connectivity index (χ0n) is 21.4. The van der Waals surface area contributed by atoms with Gasteiger partial charge in [0.15, 0.2) is 0 Å². The minimum Gasteiger partial charge on any atom is -0.481 e. The molecule has 2 unspecified atom stereocenters. The van der Waals surface area contributed by atoms with Gasteiger partial charge in [-0.1, -0.05) is 117 Å². The number of ether oxygens (including phenoxy) is 1. The standard InChI is InChI=1S/C33H32N2O2/c1-23(2)33(36,29-20-12-16-25-15-10-11-19-28(25)29)32(34,27-17-8-5-9-18-27)30-21-26(22-35-31(30)37-3)24-13-6-4-7-14-24/h4-23,36H,34H2,1-3H3. The molecule has 0 radical (unpaired) electrons. The molecule has 0 spiro atoms. The Morgan fingerprint density at radius 3 is 2.05 bits per heavy atom. The third-order valence-corrected chi connectivity index (χ3v) is 7.44. The zero-order chi connectivity index (χ0) is 26.0. The predicted molar refractivity (Wildman–Crippen MR) is 150 cm³/mol. The molecule has 5 aromatic rings. The highest BCUT2D eigenvalue weighted by molar-refractivity contribution is 5.87. The number of aliphatic hydroxyl groups is 1. The molecule has 0 aliphatic rings. The summed E-state index contributed by atoms with van der Waals surface area (Å²) in [4.78, 5) is 4.68. The number of benzene rings is 4. The van der Waals surface area contributed by atoms with E-state index >= 15 is 0 Å². The van der Waals surface area contributed by atoms with Crippen molar-refractivity contribution in [2.24, 2.45) is 11.7 Å². The molecule has 186 valence electrons. The largest absolute Gasteiger partial charge is 0.481 e. The Labute approximate surface area is 218 Å². The van der Waals surface area contributed by atoms with Gasteiger partial charge in [0, 0.05) is 17.3 Å². The lowest BCUT2D eigenvalue weighted by atomic mass is 9.62. The maximum absolute atomic E-state index is 13.1. The van der Waals surface area contributed by atoms with Crippen LogP contribution in [0.5, 0.6) is 5.88 Å². The van der Waals surface area contributed by atoms with Crippen molar-refractivity contribution in [2.45, 2.75) is 25.0 Å². The van der Waals surface area contributed by atoms with Crippen molar-refractivity contribution in [1.29, 1.82) is 0 Å². The summed E-state index contributed by atoms with van der Waals surface area (Å²) >= 11 is 0. The topological polar surface area (TPSA) is 68.4 Å². The molecule has 0 bridgehead atoms. The van der Waals surface area contributed by atoms with E-state index in [-0.39, 0.29) is 5.92 Å². The van der Waals surface area contributed by atoms with E-state index in [1.54, 1.807) is 13.3 Å². The lowest BCUT2D eigenvalue weighted by Crippen LogP contribution is -2.59. The van der Waals surface area contributed by atoms with Gasteiger partial charge in [-0.15, -0.1) is 0 Å². The number of nitrogens with zero attached hydrogens (tertiary/aromatic N) is 1. The maximum atomic E-state index is 13.1. The summed E-state index contributed by atoms with van der Waals surface area (Å²) in [6.07, 6.45) is 1.79. The summed E-state index contributed by atoms with van der Waals surface area (Å²) in [6, 6.07) is 35.9. The van der Waals surface area contributed by atoms with Crippen molar-refractivity contribution in [3.8, 4) is 17.0 Å². The van der Waals surface area contributed by atoms with Crippen LogP contribution in [0.4, 0.5) is 0 Å². The summed E-state index contributed by atoms with van der Waals surface area (Å²) in [5.74, 6) is 0.110. The molecule has 0 saturated heterocycles. The van der Waals surface area contributed by atoms with Crippen LogP contribution < -0.4 is 10.5 Å². The smallest absolute Gasteiger partial charge is 0.218 e. The number of fused-ring (bicyclic) bond motifs is 1. The van der Waals surface area contributed by atoms with Gasteiger partial charge in [0.2, 0.25) is 5.88 Å². The molecule has 4 heteroatoms. The van der Waals surface area contributed by atoms with Crippen LogP contribution in [0.2, 0.25) is 0 Å². The van der Waals surface area contributed by atoms with E-state index in [2.05, 4.69) is 17.1 Å². The summed E-state index contributed by atoms with van der Waals surface area (Å²) in [5, 5.41) is 15.1. The van der Waals surface area contributed by atoms with Crippen molar-refractivity contribution in [1.82, 2.24) is 4.98 Å². The monoisotopic (exact) mass is 488 g/mol. The fourth-order valence-electron chi connectivity index (χ4n) is 5.50. The Bertz CT molecular complexity index is 1510. The van der Waals surface area contributed by atoms with E-state index in [1.807, 2.05) is 111 Å². The molecule has 0 saturated carbocycles. The Hall–Kier alpha value is -3.99. The number of methoxy groups -OCH3 is 1. The number of pyridine rings is 1. The number of rotatable bonds is 7. The van der Waals surface area contributed by atoms with Crippen LogP contribution in [0.3, 0.4) is 0 Å². The maximum Gasteiger partial charge on any atom is 0.218 e. The van der Waals surface area contributed by atoms with Crippen LogP contribution in [-0.4, -0.2) is 17.2 Å². The molecule has 0 aliphatic heterocycles. The second kappa shape index (κ2) is 9.81. The third-order valence-electron chi connectivity index (χ3n) is 7.44. The van der Waals surface area contributed by atoms with Gasteiger partial charge >= 0.3 is 0 Å². The molecule has 0 aliphatic carbocycles. The Morgan fingerprint density at radius 2 is 1.38 bits per heavy atom. The molecule has 1 aromatic heterocycles. The van der Waals surface area contributed by atoms with E-state index in [0.717, 1.165) is 33.0 Å². The van der Waals surface area contributed by atoms with Gasteiger partial charge < -0.3 is 15.6 Å². The highest BCUT2D eigenvalue weighted by Crippen LogP contribution is 2.52. The first-order valence-electron chi connectivity index (χ1n) is 12.6. The molecule has 0 amide bonds. The van der Waals surface area contributed by atoms with Crippen molar-refractivity contribution in [3.05, 3.63) is 132 Å². The van der Waals surface area contributed by atoms with Crippen LogP contribution in [0.15, 0.2) is 115 Å². The second-order valence-corrected chi connectivity index (χ2v) is 9.77. The SMILES string of the molecule is COc1ncc(-c2ccccc2)cc1C(N)(c1ccccc1)C(O)(c1cccc2ccccc12)C(C)C. The van der Waals surface area contributed by atoms with Crippen LogP contribution >= 0.6 is 0 Å². The summed E-state index contributed by atoms with van der Waals surface area (Å²) in [7, 11) is 1.59. The quantitative estimate of drug-likeness (QED) is 0.269. The fourth-order valence-corrected chi connectivity index (χ4v) is 5.50. The Kier molecular flexibility index (Phi) is 6.55. The molecule has 5 rings (SSSR count). The van der Waals surface area contributed by atoms with Gasteiger partial charge in [-0.25, -0.2) is 4.98 Å². The number of hydrogen-bond acceptors (Lipinski definition) is 4. The molecule has 4 nitrogen and oxygen atoms in total. The van der Waals surface area contributed by atoms with Crippen molar-refractivity contribution in [3.63, 3.8) is 0 Å². The highest BCUT2D eigenvalue weighted by Gasteiger charge is 2.55. The first-order valence-corrected chi connectivity index (χ1v) is 12.6. The average molecular weight is 489 g/mol. The van der Waals surface area contributed by atoms with E-state index in [1.165, 1.54) is 0 Å². The number of nitrogens with two attached hydrogens (primary N) is 1. The fraction of sp³-hybridized carbons (Fsp3) is 0.182. The van der Waals surface area contributed by atoms with Crippen molar-refractivity contribution < 1.29 is 9.84 Å². The van der Waals surface area contributed by atoms with Crippen LogP contribution in [0, 0.1) is 5.92 Å². The van der Waals surface area contributed by atoms with Crippen molar-refractivity contribution >= 4 is 10.8 Å². The lowest BCUT2D eigenvalue weighted by molar-refractivity contribution is -0.0682. The molecular weight excluding hydrogens is 456 g/mol. The molecule has 4 aromatic carbocycles. The lowest BCUT2D eigenvalue weighted by Gasteiger charge is -2.49. The summed E-state index contributed by atoms with van der Waals surface area (Å²) in [6.45, 7) is 4.01. The van der Waals surface area contributed by atoms with Gasteiger partial charge in [0.1, 0.15) is 11.1 Å². The van der Waals surface area contributed by atoms with Gasteiger partial charge in [-0.2, -0.15) is 0 Å². The summed E-state index contributed by atoms with van der Waals surface area (Å²) < 4.78 is 5.80. The normalized spacial score (nSPS) is 14.8. The number of aromatic nitrogens is 1. The van der Waals surface area contributed by atoms with Gasteiger partial charge in [0.05, 0.1) is 7.11 Å². The molecular formula is C33H32N2O2. The average Bonchev–Trinajstić information content (AvgIpc) is 2.96. The molecule has 0 fully saturated rings. The van der Waals surface area contributed by atoms with E-state index in [9.17, 15) is 5.11 Å². The van der Waals surface area contributed by atoms with E-state index in [4.69, 9.17) is 10.5 Å². The Morgan fingerprint density at radius 1 is 0.757 bits per heavy atom. The van der Waals surface area contributed by atoms with Crippen molar-refractivity contribution in [2.75, 3.05) is 7.11 Å². The molecule has 1 heterocycles. The van der Waals surface area contributed by atoms with Gasteiger partial charge in [0.25, 0.3) is 0 Å². The zero-order valence-corrected chi connectivity index (χ0v) is 21.4. The second-order valence-electron chi connectivity index (χ2n) is 9.77. The van der Waals surface area contributed by atoms with E-state index in [0.29, 0.717) is 11.4 Å². The first kappa shape index (κ1) is 24.7. The third kappa shape index (κ3) is 3.99. The van der Waals surface area contributed by atoms with Crippen LogP contribution in [0.1, 0.15) is 30.5 Å². The Balaban J connectivity index is 1.89. The van der Waals surface area contributed by atoms with Gasteiger partial charge in [-0.3, -0.25) is 0 Å². The number of hydrogen-bond donors (Lipinski definition) is 2. The molecule has 3 N–H and O–H groups in total. The minimum absolute atomic E-state index is 0.270. The van der Waals surface area contributed by atoms with Crippen LogP contribution in [-0.2, 0) is 11.1 Å². The highest BCUT2D eigenvalue weighted by atomic mass is 16.5. The predicted octanol–water partition coefficient (Wildman–Crippen LogP) is 6.66. The first-order chi connectivity index (χ1) is 17.9. The molecule has 37 heavy (non-hydrogen) atoms.